The van der Waals surface area contributed by atoms with Gasteiger partial charge in [-0.05, 0) is 31.0 Å². The molecule has 0 amide bonds. The van der Waals surface area contributed by atoms with Gasteiger partial charge in [-0.1, -0.05) is 25.7 Å². The highest BCUT2D eigenvalue weighted by molar-refractivity contribution is 5.67. The van der Waals surface area contributed by atoms with Crippen LogP contribution in [0.3, 0.4) is 0 Å². The zero-order valence-corrected chi connectivity index (χ0v) is 10.8. The van der Waals surface area contributed by atoms with Gasteiger partial charge in [0.05, 0.1) is 16.9 Å². The first-order valence-electron chi connectivity index (χ1n) is 6.70. The molecule has 19 heavy (non-hydrogen) atoms. The Morgan fingerprint density at radius 1 is 1.05 bits per heavy atom. The number of benzene rings is 1. The van der Waals surface area contributed by atoms with Crippen molar-refractivity contribution < 1.29 is 13.2 Å². The van der Waals surface area contributed by atoms with Crippen LogP contribution in [-0.4, -0.2) is 6.04 Å². The van der Waals surface area contributed by atoms with Crippen molar-refractivity contribution in [3.8, 4) is 0 Å². The maximum atomic E-state index is 12.5. The summed E-state index contributed by atoms with van der Waals surface area (Å²) in [6, 6.07) is 3.83. The van der Waals surface area contributed by atoms with Crippen molar-refractivity contribution in [1.29, 1.82) is 0 Å². The van der Waals surface area contributed by atoms with Crippen molar-refractivity contribution in [3.63, 3.8) is 0 Å². The van der Waals surface area contributed by atoms with Crippen molar-refractivity contribution in [2.75, 3.05) is 11.1 Å². The van der Waals surface area contributed by atoms with Crippen molar-refractivity contribution in [1.82, 2.24) is 0 Å². The topological polar surface area (TPSA) is 38.0 Å². The third-order valence-electron chi connectivity index (χ3n) is 3.59. The normalized spacial score (nSPS) is 18.1. The first kappa shape index (κ1) is 14.0. The minimum absolute atomic E-state index is 0.166. The van der Waals surface area contributed by atoms with E-state index in [1.165, 1.54) is 18.9 Å². The van der Waals surface area contributed by atoms with E-state index in [1.807, 2.05) is 0 Å². The zero-order chi connectivity index (χ0) is 13.9. The molecular formula is C14H19F3N2. The predicted molar refractivity (Wildman–Crippen MR) is 71.0 cm³/mol. The molecule has 0 saturated heterocycles. The second-order valence-electron chi connectivity index (χ2n) is 5.13. The Balaban J connectivity index is 2.08. The van der Waals surface area contributed by atoms with Gasteiger partial charge < -0.3 is 11.1 Å². The first-order chi connectivity index (χ1) is 8.97. The molecule has 1 aromatic carbocycles. The molecule has 1 aromatic rings. The van der Waals surface area contributed by atoms with E-state index in [2.05, 4.69) is 5.32 Å². The van der Waals surface area contributed by atoms with Crippen molar-refractivity contribution in [3.05, 3.63) is 23.8 Å². The van der Waals surface area contributed by atoms with Gasteiger partial charge in [0.25, 0.3) is 0 Å². The molecule has 1 aliphatic carbocycles. The largest absolute Gasteiger partial charge is 0.416 e. The van der Waals surface area contributed by atoms with Gasteiger partial charge in [-0.3, -0.25) is 0 Å². The molecule has 0 spiro atoms. The number of hydrogen-bond donors (Lipinski definition) is 2. The number of anilines is 2. The lowest BCUT2D eigenvalue weighted by atomic mass is 10.1. The van der Waals surface area contributed by atoms with Crippen molar-refractivity contribution in [2.24, 2.45) is 0 Å². The Morgan fingerprint density at radius 2 is 1.68 bits per heavy atom. The summed E-state index contributed by atoms with van der Waals surface area (Å²) >= 11 is 0. The second-order valence-corrected chi connectivity index (χ2v) is 5.13. The number of nitrogen functional groups attached to an aromatic ring is 1. The van der Waals surface area contributed by atoms with Gasteiger partial charge in [-0.15, -0.1) is 0 Å². The van der Waals surface area contributed by atoms with Crippen LogP contribution in [0.25, 0.3) is 0 Å². The van der Waals surface area contributed by atoms with Crippen molar-refractivity contribution in [2.45, 2.75) is 50.7 Å². The molecule has 106 valence electrons. The fourth-order valence-corrected chi connectivity index (χ4v) is 2.51. The molecule has 1 saturated carbocycles. The third kappa shape index (κ3) is 3.78. The Hall–Kier alpha value is -1.39. The molecule has 3 N–H and O–H groups in total. The van der Waals surface area contributed by atoms with Crippen molar-refractivity contribution >= 4 is 11.4 Å². The van der Waals surface area contributed by atoms with Crippen LogP contribution >= 0.6 is 0 Å². The highest BCUT2D eigenvalue weighted by Gasteiger charge is 2.30. The molecule has 2 nitrogen and oxygen atoms in total. The van der Waals surface area contributed by atoms with Gasteiger partial charge >= 0.3 is 6.18 Å². The van der Waals surface area contributed by atoms with Crippen LogP contribution in [0.15, 0.2) is 18.2 Å². The zero-order valence-electron chi connectivity index (χ0n) is 10.8. The lowest BCUT2D eigenvalue weighted by Crippen LogP contribution is -2.19. The quantitative estimate of drug-likeness (QED) is 0.617. The van der Waals surface area contributed by atoms with E-state index in [1.54, 1.807) is 0 Å². The highest BCUT2D eigenvalue weighted by atomic mass is 19.4. The van der Waals surface area contributed by atoms with Gasteiger partial charge in [0.2, 0.25) is 0 Å². The average Bonchev–Trinajstić information content (AvgIpc) is 2.59. The monoisotopic (exact) mass is 272 g/mol. The number of hydrogen-bond acceptors (Lipinski definition) is 2. The number of nitrogens with one attached hydrogen (secondary N) is 1. The molecule has 0 aromatic heterocycles. The van der Waals surface area contributed by atoms with Gasteiger partial charge in [0, 0.05) is 6.04 Å². The van der Waals surface area contributed by atoms with E-state index in [0.717, 1.165) is 37.8 Å². The summed E-state index contributed by atoms with van der Waals surface area (Å²) in [6.07, 6.45) is 2.58. The van der Waals surface area contributed by atoms with E-state index in [4.69, 9.17) is 5.73 Å². The Morgan fingerprint density at radius 3 is 2.21 bits per heavy atom. The summed E-state index contributed by atoms with van der Waals surface area (Å²) in [5.74, 6) is 0. The molecule has 0 heterocycles. The summed E-state index contributed by atoms with van der Waals surface area (Å²) in [5, 5.41) is 3.28. The minimum atomic E-state index is -4.34. The molecule has 0 bridgehead atoms. The standard InChI is InChI=1S/C14H19F3N2/c15-14(16,17)10-7-8-13(12(18)9-10)19-11-5-3-1-2-4-6-11/h7-9,11,19H,1-6,18H2. The lowest BCUT2D eigenvalue weighted by Gasteiger charge is -2.19. The molecule has 2 rings (SSSR count). The molecule has 5 heteroatoms. The molecule has 0 aliphatic heterocycles. The molecule has 0 radical (unpaired) electrons. The smallest absolute Gasteiger partial charge is 0.397 e. The van der Waals surface area contributed by atoms with Crippen LogP contribution in [0, 0.1) is 0 Å². The SMILES string of the molecule is Nc1cc(C(F)(F)F)ccc1NC1CCCCCC1. The van der Waals surface area contributed by atoms with E-state index in [9.17, 15) is 13.2 Å². The van der Waals surface area contributed by atoms with E-state index in [-0.39, 0.29) is 5.69 Å². The fraction of sp³-hybridized carbons (Fsp3) is 0.571. The third-order valence-corrected chi connectivity index (χ3v) is 3.59. The maximum Gasteiger partial charge on any atom is 0.416 e. The average molecular weight is 272 g/mol. The Kier molecular flexibility index (Phi) is 4.22. The summed E-state index contributed by atoms with van der Waals surface area (Å²) < 4.78 is 37.6. The molecular weight excluding hydrogens is 253 g/mol. The molecule has 0 unspecified atom stereocenters. The maximum absolute atomic E-state index is 12.5. The minimum Gasteiger partial charge on any atom is -0.397 e. The lowest BCUT2D eigenvalue weighted by molar-refractivity contribution is -0.137. The Labute approximate surface area is 111 Å². The number of rotatable bonds is 2. The molecule has 0 atom stereocenters. The summed E-state index contributed by atoms with van der Waals surface area (Å²) in [6.45, 7) is 0. The number of alkyl halides is 3. The summed E-state index contributed by atoms with van der Waals surface area (Å²) in [7, 11) is 0. The van der Waals surface area contributed by atoms with E-state index in [0.29, 0.717) is 11.7 Å². The van der Waals surface area contributed by atoms with Crippen LogP contribution in [0.5, 0.6) is 0 Å². The van der Waals surface area contributed by atoms with Gasteiger partial charge in [-0.2, -0.15) is 13.2 Å². The van der Waals surface area contributed by atoms with Gasteiger partial charge in [0.15, 0.2) is 0 Å². The molecule has 1 fully saturated rings. The predicted octanol–water partition coefficient (Wildman–Crippen LogP) is 4.42. The summed E-state index contributed by atoms with van der Waals surface area (Å²) in [4.78, 5) is 0. The first-order valence-corrected chi connectivity index (χ1v) is 6.70. The van der Waals surface area contributed by atoms with Crippen LogP contribution in [0.1, 0.15) is 44.1 Å². The number of halogens is 3. The molecule has 1 aliphatic rings. The summed E-state index contributed by atoms with van der Waals surface area (Å²) in [5.41, 5.74) is 5.79. The van der Waals surface area contributed by atoms with Crippen LogP contribution in [0.4, 0.5) is 24.5 Å². The van der Waals surface area contributed by atoms with Gasteiger partial charge in [0.1, 0.15) is 0 Å². The fourth-order valence-electron chi connectivity index (χ4n) is 2.51. The van der Waals surface area contributed by atoms with Crippen LogP contribution < -0.4 is 11.1 Å². The second kappa shape index (κ2) is 5.72. The van der Waals surface area contributed by atoms with Crippen LogP contribution in [-0.2, 0) is 6.18 Å². The van der Waals surface area contributed by atoms with Crippen LogP contribution in [0.2, 0.25) is 0 Å². The highest BCUT2D eigenvalue weighted by Crippen LogP contribution is 2.33. The van der Waals surface area contributed by atoms with E-state index < -0.39 is 11.7 Å². The number of nitrogens with two attached hydrogens (primary N) is 1. The van der Waals surface area contributed by atoms with Gasteiger partial charge in [-0.25, -0.2) is 0 Å². The van der Waals surface area contributed by atoms with E-state index >= 15 is 0 Å². The Bertz CT molecular complexity index is 421.